The third-order valence-corrected chi connectivity index (χ3v) is 5.21. The SMILES string of the molecule is N=C(N)SC(=N)CCCCC(=N)SC(N)=NC(=O)Cc1cccc(-n2cccn2)c1. The molecule has 0 unspecified atom stereocenters. The fourth-order valence-corrected chi connectivity index (χ4v) is 3.68. The summed E-state index contributed by atoms with van der Waals surface area (Å²) in [6.07, 6.45) is 6.04. The number of hydrogen-bond donors (Lipinski definition) is 5. The first-order valence-corrected chi connectivity index (χ1v) is 10.8. The van der Waals surface area contributed by atoms with Crippen molar-refractivity contribution in [3.05, 3.63) is 48.3 Å². The third kappa shape index (κ3) is 8.62. The Bertz CT molecular complexity index is 940. The van der Waals surface area contributed by atoms with Crippen molar-refractivity contribution in [2.75, 3.05) is 0 Å². The fraction of sp³-hybridized carbons (Fsp3) is 0.263. The van der Waals surface area contributed by atoms with Gasteiger partial charge in [-0.3, -0.25) is 21.0 Å². The van der Waals surface area contributed by atoms with E-state index in [-0.39, 0.29) is 22.7 Å². The number of thioether (sulfide) groups is 2. The van der Waals surface area contributed by atoms with Crippen LogP contribution < -0.4 is 11.5 Å². The standard InChI is InChI=1S/C19H24N8OS2/c20-15(29-18(22)23)7-1-2-8-16(21)30-19(24)26-17(28)12-13-5-3-6-14(11-13)27-10-4-9-25-27/h3-6,9-11,20-21H,1-2,7-8,12H2,(H3,22,23)(H2,24,26,28). The van der Waals surface area contributed by atoms with Crippen LogP contribution in [0.15, 0.2) is 47.7 Å². The molecule has 2 rings (SSSR count). The first-order chi connectivity index (χ1) is 14.3. The Morgan fingerprint density at radius 3 is 2.40 bits per heavy atom. The first-order valence-electron chi connectivity index (χ1n) is 9.14. The molecule has 7 N–H and O–H groups in total. The average Bonchev–Trinajstić information content (AvgIpc) is 3.19. The highest BCUT2D eigenvalue weighted by molar-refractivity contribution is 8.26. The average molecular weight is 445 g/mol. The number of aliphatic imine (C=N–C) groups is 1. The van der Waals surface area contributed by atoms with E-state index in [2.05, 4.69) is 10.1 Å². The van der Waals surface area contributed by atoms with Crippen molar-refractivity contribution in [3.63, 3.8) is 0 Å². The molecule has 0 fully saturated rings. The molecule has 0 radical (unpaired) electrons. The Kier molecular flexibility index (Phi) is 9.29. The highest BCUT2D eigenvalue weighted by Crippen LogP contribution is 2.14. The molecule has 1 amide bonds. The highest BCUT2D eigenvalue weighted by atomic mass is 32.2. The Hall–Kier alpha value is -2.92. The maximum absolute atomic E-state index is 12.2. The number of amidine groups is 2. The van der Waals surface area contributed by atoms with Crippen LogP contribution in [-0.2, 0) is 11.2 Å². The van der Waals surface area contributed by atoms with E-state index in [4.69, 9.17) is 27.7 Å². The second-order valence-electron chi connectivity index (χ2n) is 6.26. The number of hydrogen-bond acceptors (Lipinski definition) is 7. The molecule has 30 heavy (non-hydrogen) atoms. The molecule has 0 bridgehead atoms. The molecule has 1 aromatic carbocycles. The third-order valence-electron chi connectivity index (χ3n) is 3.79. The lowest BCUT2D eigenvalue weighted by molar-refractivity contribution is -0.117. The number of unbranched alkanes of at least 4 members (excludes halogenated alkanes) is 1. The van der Waals surface area contributed by atoms with Gasteiger partial charge in [-0.1, -0.05) is 12.1 Å². The lowest BCUT2D eigenvalue weighted by Crippen LogP contribution is -2.14. The monoisotopic (exact) mass is 444 g/mol. The van der Waals surface area contributed by atoms with Crippen LogP contribution in [0.5, 0.6) is 0 Å². The number of nitrogens with one attached hydrogen (secondary N) is 3. The van der Waals surface area contributed by atoms with Crippen molar-refractivity contribution in [3.8, 4) is 5.69 Å². The van der Waals surface area contributed by atoms with Gasteiger partial charge < -0.3 is 11.5 Å². The zero-order valence-corrected chi connectivity index (χ0v) is 17.9. The minimum absolute atomic E-state index is 0.0492. The zero-order valence-electron chi connectivity index (χ0n) is 16.3. The van der Waals surface area contributed by atoms with Crippen molar-refractivity contribution in [2.45, 2.75) is 32.1 Å². The number of nitrogens with zero attached hydrogens (tertiary/aromatic N) is 3. The van der Waals surface area contributed by atoms with Gasteiger partial charge in [0.1, 0.15) is 0 Å². The zero-order chi connectivity index (χ0) is 21.9. The van der Waals surface area contributed by atoms with Gasteiger partial charge in [-0.2, -0.15) is 10.1 Å². The largest absolute Gasteiger partial charge is 0.378 e. The van der Waals surface area contributed by atoms with Crippen molar-refractivity contribution in [2.24, 2.45) is 16.5 Å². The highest BCUT2D eigenvalue weighted by Gasteiger charge is 2.08. The molecular weight excluding hydrogens is 420 g/mol. The second kappa shape index (κ2) is 11.9. The van der Waals surface area contributed by atoms with Gasteiger partial charge in [0.2, 0.25) is 0 Å². The summed E-state index contributed by atoms with van der Waals surface area (Å²) in [7, 11) is 0. The molecular formula is C19H24N8OS2. The molecule has 0 saturated heterocycles. The van der Waals surface area contributed by atoms with E-state index in [1.807, 2.05) is 36.5 Å². The van der Waals surface area contributed by atoms with Crippen LogP contribution >= 0.6 is 23.5 Å². The molecule has 1 aromatic heterocycles. The summed E-state index contributed by atoms with van der Waals surface area (Å²) in [5, 5.41) is 27.5. The van der Waals surface area contributed by atoms with E-state index in [0.717, 1.165) is 34.8 Å². The van der Waals surface area contributed by atoms with E-state index in [1.54, 1.807) is 10.9 Å². The first kappa shape index (κ1) is 23.4. The predicted molar refractivity (Wildman–Crippen MR) is 125 cm³/mol. The molecule has 1 heterocycles. The van der Waals surface area contributed by atoms with Crippen molar-refractivity contribution in [1.82, 2.24) is 9.78 Å². The number of rotatable bonds is 8. The molecule has 0 aliphatic rings. The Balaban J connectivity index is 1.76. The molecule has 2 aromatic rings. The van der Waals surface area contributed by atoms with Crippen LogP contribution in [0, 0.1) is 16.2 Å². The molecule has 0 saturated carbocycles. The summed E-state index contributed by atoms with van der Waals surface area (Å²) in [5.41, 5.74) is 12.7. The van der Waals surface area contributed by atoms with Gasteiger partial charge in [0.25, 0.3) is 5.91 Å². The van der Waals surface area contributed by atoms with Crippen molar-refractivity contribution >= 4 is 49.9 Å². The number of nitrogens with two attached hydrogens (primary N) is 2. The summed E-state index contributed by atoms with van der Waals surface area (Å²) in [6.45, 7) is 0. The maximum atomic E-state index is 12.2. The van der Waals surface area contributed by atoms with E-state index < -0.39 is 0 Å². The van der Waals surface area contributed by atoms with Crippen LogP contribution in [-0.4, -0.2) is 36.1 Å². The number of carbonyl (C=O) groups is 1. The number of amides is 1. The lowest BCUT2D eigenvalue weighted by atomic mass is 10.1. The normalized spacial score (nSPS) is 11.3. The summed E-state index contributed by atoms with van der Waals surface area (Å²) in [5.74, 6) is -0.375. The van der Waals surface area contributed by atoms with Gasteiger partial charge in [0.15, 0.2) is 10.3 Å². The molecule has 9 nitrogen and oxygen atoms in total. The Morgan fingerprint density at radius 1 is 1.07 bits per heavy atom. The smallest absolute Gasteiger partial charge is 0.252 e. The minimum atomic E-state index is -0.375. The van der Waals surface area contributed by atoms with E-state index >= 15 is 0 Å². The summed E-state index contributed by atoms with van der Waals surface area (Å²) < 4.78 is 1.71. The van der Waals surface area contributed by atoms with E-state index in [1.165, 1.54) is 0 Å². The van der Waals surface area contributed by atoms with Gasteiger partial charge in [0, 0.05) is 12.4 Å². The van der Waals surface area contributed by atoms with E-state index in [9.17, 15) is 4.79 Å². The van der Waals surface area contributed by atoms with Crippen molar-refractivity contribution < 1.29 is 4.79 Å². The number of carbonyl (C=O) groups excluding carboxylic acids is 1. The quantitative estimate of drug-likeness (QED) is 0.238. The van der Waals surface area contributed by atoms with E-state index in [0.29, 0.717) is 35.8 Å². The summed E-state index contributed by atoms with van der Waals surface area (Å²) in [6, 6.07) is 9.29. The molecule has 158 valence electrons. The minimum Gasteiger partial charge on any atom is -0.378 e. The maximum Gasteiger partial charge on any atom is 0.252 e. The van der Waals surface area contributed by atoms with Gasteiger partial charge >= 0.3 is 0 Å². The Morgan fingerprint density at radius 2 is 1.77 bits per heavy atom. The number of benzene rings is 1. The van der Waals surface area contributed by atoms with Gasteiger partial charge in [-0.25, -0.2) is 4.68 Å². The van der Waals surface area contributed by atoms with Crippen LogP contribution in [0.4, 0.5) is 0 Å². The van der Waals surface area contributed by atoms with Gasteiger partial charge in [0.05, 0.1) is 22.2 Å². The molecule has 11 heteroatoms. The van der Waals surface area contributed by atoms with Crippen LogP contribution in [0.3, 0.4) is 0 Å². The summed E-state index contributed by atoms with van der Waals surface area (Å²) in [4.78, 5) is 16.1. The van der Waals surface area contributed by atoms with Crippen LogP contribution in [0.2, 0.25) is 0 Å². The number of aromatic nitrogens is 2. The molecule has 0 aliphatic carbocycles. The lowest BCUT2D eigenvalue weighted by Gasteiger charge is -2.05. The fourth-order valence-electron chi connectivity index (χ4n) is 2.52. The Labute approximate surface area is 183 Å². The second-order valence-corrected chi connectivity index (χ2v) is 8.51. The van der Waals surface area contributed by atoms with Crippen LogP contribution in [0.1, 0.15) is 31.2 Å². The predicted octanol–water partition coefficient (Wildman–Crippen LogP) is 3.13. The molecule has 0 atom stereocenters. The molecule has 0 aliphatic heterocycles. The van der Waals surface area contributed by atoms with Gasteiger partial charge in [-0.15, -0.1) is 0 Å². The topological polar surface area (TPSA) is 171 Å². The van der Waals surface area contributed by atoms with Crippen molar-refractivity contribution in [1.29, 1.82) is 16.2 Å². The van der Waals surface area contributed by atoms with Crippen LogP contribution in [0.25, 0.3) is 5.69 Å². The van der Waals surface area contributed by atoms with Gasteiger partial charge in [-0.05, 0) is 73.0 Å². The summed E-state index contributed by atoms with van der Waals surface area (Å²) >= 11 is 1.91. The molecule has 0 spiro atoms.